The third-order valence-electron chi connectivity index (χ3n) is 4.25. The van der Waals surface area contributed by atoms with Crippen molar-refractivity contribution >= 4 is 17.2 Å². The van der Waals surface area contributed by atoms with Gasteiger partial charge in [0.1, 0.15) is 0 Å². The van der Waals surface area contributed by atoms with Gasteiger partial charge in [0, 0.05) is 33.6 Å². The van der Waals surface area contributed by atoms with E-state index in [1.807, 2.05) is 67.2 Å². The monoisotopic (exact) mass is 351 g/mol. The molecule has 0 aliphatic rings. The topological polar surface area (TPSA) is 48.0 Å². The van der Waals surface area contributed by atoms with Gasteiger partial charge in [-0.05, 0) is 45.9 Å². The van der Waals surface area contributed by atoms with E-state index in [1.165, 1.54) is 0 Å². The molecule has 0 aliphatic heterocycles. The maximum atomic E-state index is 6.16. The molecule has 0 fully saturated rings. The Morgan fingerprint density at radius 1 is 0.920 bits per heavy atom. The molecule has 0 N–H and O–H groups in total. The zero-order valence-electron chi connectivity index (χ0n) is 14.6. The molecule has 5 nitrogen and oxygen atoms in total. The quantitative estimate of drug-likeness (QED) is 0.535. The van der Waals surface area contributed by atoms with Crippen LogP contribution in [0.3, 0.4) is 0 Å². The molecule has 4 rings (SSSR count). The lowest BCUT2D eigenvalue weighted by atomic mass is 10.1. The second-order valence-corrected chi connectivity index (χ2v) is 6.75. The van der Waals surface area contributed by atoms with E-state index in [4.69, 9.17) is 21.7 Å². The third kappa shape index (κ3) is 2.61. The van der Waals surface area contributed by atoms with Gasteiger partial charge in [0.2, 0.25) is 0 Å². The maximum absolute atomic E-state index is 6.16. The zero-order chi connectivity index (χ0) is 17.7. The molecular weight excluding hydrogens is 334 g/mol. The third-order valence-corrected chi connectivity index (χ3v) is 4.49. The van der Waals surface area contributed by atoms with Gasteiger partial charge in [-0.25, -0.2) is 9.67 Å². The van der Waals surface area contributed by atoms with Crippen molar-refractivity contribution < 1.29 is 0 Å². The maximum Gasteiger partial charge on any atom is 0.161 e. The van der Waals surface area contributed by atoms with Crippen molar-refractivity contribution in [3.63, 3.8) is 0 Å². The average molecular weight is 352 g/mol. The Kier molecular flexibility index (Phi) is 3.62. The van der Waals surface area contributed by atoms with Gasteiger partial charge >= 0.3 is 0 Å². The summed E-state index contributed by atoms with van der Waals surface area (Å²) in [4.78, 5) is 4.69. The molecule has 126 valence electrons. The van der Waals surface area contributed by atoms with E-state index in [0.29, 0.717) is 5.02 Å². The van der Waals surface area contributed by atoms with Crippen molar-refractivity contribution in [1.29, 1.82) is 0 Å². The molecule has 0 saturated heterocycles. The molecule has 25 heavy (non-hydrogen) atoms. The lowest BCUT2D eigenvalue weighted by molar-refractivity contribution is 0.753. The van der Waals surface area contributed by atoms with Crippen LogP contribution in [0.5, 0.6) is 0 Å². The van der Waals surface area contributed by atoms with Crippen molar-refractivity contribution in [2.45, 2.75) is 27.7 Å². The Morgan fingerprint density at radius 2 is 1.72 bits per heavy atom. The summed E-state index contributed by atoms with van der Waals surface area (Å²) in [6.45, 7) is 8.05. The van der Waals surface area contributed by atoms with Crippen molar-refractivity contribution in [3.05, 3.63) is 64.1 Å². The average Bonchev–Trinajstić information content (AvgIpc) is 3.06. The molecule has 0 spiro atoms. The molecule has 0 amide bonds. The number of rotatable bonds is 2. The highest BCUT2D eigenvalue weighted by Gasteiger charge is 2.17. The minimum absolute atomic E-state index is 0.692. The predicted octanol–water partition coefficient (Wildman–Crippen LogP) is 4.47. The van der Waals surface area contributed by atoms with Crippen LogP contribution in [-0.4, -0.2) is 24.4 Å². The normalized spacial score (nSPS) is 11.4. The Hall–Kier alpha value is -2.66. The Morgan fingerprint density at radius 3 is 2.40 bits per heavy atom. The molecule has 0 bridgehead atoms. The number of aryl methyl sites for hydroxylation is 4. The highest BCUT2D eigenvalue weighted by Crippen LogP contribution is 2.28. The minimum Gasteiger partial charge on any atom is -0.233 e. The molecule has 3 aromatic heterocycles. The van der Waals surface area contributed by atoms with E-state index in [1.54, 1.807) is 0 Å². The summed E-state index contributed by atoms with van der Waals surface area (Å²) in [7, 11) is 0. The molecule has 0 saturated carbocycles. The number of benzene rings is 1. The van der Waals surface area contributed by atoms with E-state index in [9.17, 15) is 0 Å². The molecular formula is C19H18ClN5. The summed E-state index contributed by atoms with van der Waals surface area (Å²) in [6, 6.07) is 11.8. The second kappa shape index (κ2) is 5.70. The van der Waals surface area contributed by atoms with Gasteiger partial charge in [0.15, 0.2) is 11.5 Å². The van der Waals surface area contributed by atoms with Crippen LogP contribution in [0.1, 0.15) is 22.6 Å². The van der Waals surface area contributed by atoms with Gasteiger partial charge < -0.3 is 0 Å². The molecule has 3 heterocycles. The summed E-state index contributed by atoms with van der Waals surface area (Å²) < 4.78 is 3.77. The van der Waals surface area contributed by atoms with Crippen LogP contribution in [-0.2, 0) is 0 Å². The van der Waals surface area contributed by atoms with Crippen LogP contribution in [0, 0.1) is 27.7 Å². The van der Waals surface area contributed by atoms with Crippen LogP contribution in [0.2, 0.25) is 5.02 Å². The van der Waals surface area contributed by atoms with Crippen molar-refractivity contribution in [2.75, 3.05) is 0 Å². The molecule has 0 radical (unpaired) electrons. The van der Waals surface area contributed by atoms with Gasteiger partial charge in [-0.2, -0.15) is 14.7 Å². The summed E-state index contributed by atoms with van der Waals surface area (Å²) >= 11 is 6.16. The van der Waals surface area contributed by atoms with E-state index < -0.39 is 0 Å². The zero-order valence-corrected chi connectivity index (χ0v) is 15.3. The number of aromatic nitrogens is 5. The standard InChI is InChI=1S/C19H18ClN5/c1-11-9-17(24-13(3)8-12(2)22-24)25-19(21-11)14(4)18(23-25)15-6-5-7-16(20)10-15/h5-10H,1-4H3. The van der Waals surface area contributed by atoms with Crippen LogP contribution < -0.4 is 0 Å². The first-order valence-electron chi connectivity index (χ1n) is 8.10. The second-order valence-electron chi connectivity index (χ2n) is 6.31. The first-order chi connectivity index (χ1) is 11.9. The van der Waals surface area contributed by atoms with E-state index >= 15 is 0 Å². The molecule has 4 aromatic rings. The molecule has 0 atom stereocenters. The molecule has 0 aliphatic carbocycles. The summed E-state index contributed by atoms with van der Waals surface area (Å²) in [5, 5.41) is 10.1. The fraction of sp³-hybridized carbons (Fsp3) is 0.211. The first-order valence-corrected chi connectivity index (χ1v) is 8.48. The summed E-state index contributed by atoms with van der Waals surface area (Å²) in [5.74, 6) is 0.879. The Bertz CT molecular complexity index is 1110. The fourth-order valence-corrected chi connectivity index (χ4v) is 3.34. The number of halogens is 1. The van der Waals surface area contributed by atoms with Crippen LogP contribution in [0.15, 0.2) is 36.4 Å². The smallest absolute Gasteiger partial charge is 0.161 e. The number of hydrogen-bond donors (Lipinski definition) is 0. The number of nitrogens with zero attached hydrogens (tertiary/aromatic N) is 5. The van der Waals surface area contributed by atoms with E-state index in [0.717, 1.165) is 45.4 Å². The number of fused-ring (bicyclic) bond motifs is 1. The van der Waals surface area contributed by atoms with Gasteiger partial charge in [-0.3, -0.25) is 0 Å². The predicted molar refractivity (Wildman–Crippen MR) is 99.5 cm³/mol. The fourth-order valence-electron chi connectivity index (χ4n) is 3.15. The molecule has 0 unspecified atom stereocenters. The van der Waals surface area contributed by atoms with E-state index in [2.05, 4.69) is 11.2 Å². The van der Waals surface area contributed by atoms with Gasteiger partial charge in [-0.15, -0.1) is 0 Å². The van der Waals surface area contributed by atoms with Crippen LogP contribution in [0.25, 0.3) is 22.7 Å². The lowest BCUT2D eigenvalue weighted by Gasteiger charge is -2.08. The molecule has 6 heteroatoms. The Labute approximate surface area is 150 Å². The van der Waals surface area contributed by atoms with Crippen molar-refractivity contribution in [1.82, 2.24) is 24.4 Å². The lowest BCUT2D eigenvalue weighted by Crippen LogP contribution is -2.08. The summed E-state index contributed by atoms with van der Waals surface area (Å²) in [6.07, 6.45) is 0. The van der Waals surface area contributed by atoms with Gasteiger partial charge in [-0.1, -0.05) is 23.7 Å². The first kappa shape index (κ1) is 15.8. The largest absolute Gasteiger partial charge is 0.233 e. The van der Waals surface area contributed by atoms with Gasteiger partial charge in [0.05, 0.1) is 11.4 Å². The summed E-state index contributed by atoms with van der Waals surface area (Å²) in [5.41, 5.74) is 6.67. The number of hydrogen-bond acceptors (Lipinski definition) is 3. The van der Waals surface area contributed by atoms with Crippen molar-refractivity contribution in [2.24, 2.45) is 0 Å². The molecule has 1 aromatic carbocycles. The highest BCUT2D eigenvalue weighted by atomic mass is 35.5. The van der Waals surface area contributed by atoms with Gasteiger partial charge in [0.25, 0.3) is 0 Å². The van der Waals surface area contributed by atoms with E-state index in [-0.39, 0.29) is 0 Å². The highest BCUT2D eigenvalue weighted by molar-refractivity contribution is 6.30. The Balaban J connectivity index is 2.03. The van der Waals surface area contributed by atoms with Crippen molar-refractivity contribution in [3.8, 4) is 17.1 Å². The van der Waals surface area contributed by atoms with Crippen LogP contribution in [0.4, 0.5) is 0 Å². The minimum atomic E-state index is 0.692. The van der Waals surface area contributed by atoms with Crippen LogP contribution >= 0.6 is 11.6 Å². The SMILES string of the molecule is Cc1cc(-n2nc(C)cc2C)n2nc(-c3cccc(Cl)c3)c(C)c2n1.